The van der Waals surface area contributed by atoms with E-state index in [2.05, 4.69) is 10.5 Å². The molecule has 4 unspecified atom stereocenters. The van der Waals surface area contributed by atoms with E-state index in [1.807, 2.05) is 265 Å². The first-order valence-electron chi connectivity index (χ1n) is 52.2. The number of esters is 2. The van der Waals surface area contributed by atoms with Crippen LogP contribution < -0.4 is 31.4 Å². The van der Waals surface area contributed by atoms with Crippen LogP contribution in [0.25, 0.3) is 0 Å². The first-order valence-corrected chi connectivity index (χ1v) is 58.1. The van der Waals surface area contributed by atoms with E-state index in [-0.39, 0.29) is 104 Å². The molecule has 4 heterocycles. The zero-order chi connectivity index (χ0) is 112. The van der Waals surface area contributed by atoms with Gasteiger partial charge in [0.05, 0.1) is 93.3 Å². The van der Waals surface area contributed by atoms with E-state index in [0.29, 0.717) is 117 Å². The first kappa shape index (κ1) is 129. The number of quaternary nitrogens is 1. The van der Waals surface area contributed by atoms with Gasteiger partial charge in [0.25, 0.3) is 21.8 Å². The van der Waals surface area contributed by atoms with Crippen molar-refractivity contribution in [2.75, 3.05) is 51.5 Å². The average molecular weight is 2140 g/mol. The number of hydrogen-bond acceptors (Lipinski definition) is 24. The number of sulfonamides is 3. The van der Waals surface area contributed by atoms with Gasteiger partial charge in [0.15, 0.2) is 0 Å². The maximum atomic E-state index is 14.1. The van der Waals surface area contributed by atoms with Crippen LogP contribution in [0.2, 0.25) is 0 Å². The molecule has 0 spiro atoms. The Hall–Kier alpha value is -10.6. The van der Waals surface area contributed by atoms with Crippen molar-refractivity contribution in [1.29, 1.82) is 0 Å². The molecule has 0 bridgehead atoms. The molecule has 5 aromatic rings. The molecule has 0 radical (unpaired) electrons. The van der Waals surface area contributed by atoms with Gasteiger partial charge in [0.2, 0.25) is 61.4 Å². The standard InChI is InChI=1S/C31H43N3O4.C28H44N2O7S.C27H41NO6.C24H37N3O6S.CH5NO2S/c1-4-11-26(29(32)35)27(18-22(2)3)31(37)34-20-25(38-21-24-14-9-6-10-15-24)19-28(34)30(36)33-17-16-23-12-7-5-8-13-23;1-8-12-22(27(33)37-28(4,5)6)23(15-19(2)3)26(32)30-17-21(36-18-20-13-10-9-11-14-20)16-24(30)25(31)29-38(7,34)35;1-7-11-21(26(32)34-27(4,5)6)22(14-18(2)3)24(29)28-16-20(15-23(28)25(30)31)33-17-19-12-9-8-10-13-19;1-5-9-19(22(25)28)20(12-16(2)3)24(30)27-14-18(33-15-17-10-7-6-8-11-17)13-21(27)23(29)26-34(4,31)32;1-5(2,3)4/h5-10,12-15,22,25-28H,4,11,16-21H2,1-3H3,(H2,32,35)(H,33,36);9-11,13-14,19,21-24H,8,12,15-18H2,1-7H3,(H,29,31);8-10,12-13,18,20-23H,7,11,14-17H2,1-6H3,(H,30,31);6-8,10-11,16,18-21H,5,9,12-15H2,1-4H3,(H2,25,28)(H,26,29);1H3,(H2,2,3,4)/p+1/t25-,26-,27+,28?;21-,22-,23+,24?;20-,21-,22+,23?;18-,19-,20+,21?;/m0000./s1. The molecule has 16 atom stereocenters. The molecule has 9 amide bonds. The molecular weight excluding hydrogens is 1970 g/mol. The summed E-state index contributed by atoms with van der Waals surface area (Å²) in [5, 5.41) is 15.6. The number of nitrogens with two attached hydrogens (primary N) is 2. The number of carboxylic acids is 1. The molecule has 35 nitrogen and oxygen atoms in total. The highest BCUT2D eigenvalue weighted by molar-refractivity contribution is 7.89. The Labute approximate surface area is 885 Å². The fourth-order valence-electron chi connectivity index (χ4n) is 19.1. The van der Waals surface area contributed by atoms with Gasteiger partial charge in [-0.05, 0) is 151 Å². The molecule has 4 saturated heterocycles. The van der Waals surface area contributed by atoms with Crippen LogP contribution in [0.5, 0.6) is 0 Å². The van der Waals surface area contributed by atoms with Crippen molar-refractivity contribution in [2.24, 2.45) is 82.5 Å². The second kappa shape index (κ2) is 62.4. The topological polar surface area (TPSA) is 512 Å². The summed E-state index contributed by atoms with van der Waals surface area (Å²) in [4.78, 5) is 164. The third-order valence-corrected chi connectivity index (χ3v) is 26.6. The lowest BCUT2D eigenvalue weighted by Crippen LogP contribution is -2.55. The Morgan fingerprint density at radius 2 is 0.584 bits per heavy atom. The number of nitrogens with zero attached hydrogens (tertiary/aromatic N) is 4. The number of aliphatic carboxylic acids is 1. The number of ether oxygens (including phenoxy) is 6. The van der Waals surface area contributed by atoms with Gasteiger partial charge in [-0.3, -0.25) is 67.3 Å². The molecule has 832 valence electrons. The second-order valence-corrected chi connectivity index (χ2v) is 48.7. The van der Waals surface area contributed by atoms with Crippen LogP contribution in [0.15, 0.2) is 152 Å². The monoisotopic (exact) mass is 2140 g/mol. The molecule has 9 rings (SSSR count). The molecule has 5 aromatic carbocycles. The highest BCUT2D eigenvalue weighted by Crippen LogP contribution is 2.39. The predicted molar refractivity (Wildman–Crippen MR) is 570 cm³/mol. The summed E-state index contributed by atoms with van der Waals surface area (Å²) in [5.41, 5.74) is 15.1. The summed E-state index contributed by atoms with van der Waals surface area (Å²) in [5.74, 6) is -10.4. The molecule has 11 N–H and O–H groups in total. The molecule has 4 fully saturated rings. The zero-order valence-electron chi connectivity index (χ0n) is 91.5. The van der Waals surface area contributed by atoms with Crippen LogP contribution in [0, 0.1) is 71.0 Å². The van der Waals surface area contributed by atoms with Crippen LogP contribution in [0.4, 0.5) is 0 Å². The maximum Gasteiger partial charge on any atom is 0.326 e. The van der Waals surface area contributed by atoms with Gasteiger partial charge in [-0.2, -0.15) is 8.42 Å². The van der Waals surface area contributed by atoms with Crippen molar-refractivity contribution in [2.45, 2.75) is 320 Å². The van der Waals surface area contributed by atoms with Gasteiger partial charge >= 0.3 is 17.9 Å². The predicted octanol–water partition coefficient (Wildman–Crippen LogP) is 12.4. The van der Waals surface area contributed by atoms with Crippen LogP contribution in [-0.2, 0) is 149 Å². The summed E-state index contributed by atoms with van der Waals surface area (Å²) in [6, 6.07) is 44.8. The normalized spacial score (nSPS) is 19.4. The number of likely N-dealkylation sites (tertiary alicyclic amines) is 4. The Kier molecular flexibility index (Phi) is 54.0. The molecule has 4 aliphatic rings. The Morgan fingerprint density at radius 1 is 0.362 bits per heavy atom. The van der Waals surface area contributed by atoms with E-state index in [4.69, 9.17) is 39.9 Å². The summed E-state index contributed by atoms with van der Waals surface area (Å²) < 4.78 is 106. The molecule has 0 saturated carbocycles. The summed E-state index contributed by atoms with van der Waals surface area (Å²) in [6.07, 6.45) is 9.59. The highest BCUT2D eigenvalue weighted by Gasteiger charge is 2.51. The van der Waals surface area contributed by atoms with Crippen molar-refractivity contribution < 1.29 is 121 Å². The van der Waals surface area contributed by atoms with Gasteiger partial charge in [-0.1, -0.05) is 260 Å². The summed E-state index contributed by atoms with van der Waals surface area (Å²) >= 11 is 0. The molecule has 4 aliphatic heterocycles. The quantitative estimate of drug-likeness (QED) is 0.0178. The molecule has 149 heavy (non-hydrogen) atoms. The molecular formula is C111H171N10O25S3+. The zero-order valence-corrected chi connectivity index (χ0v) is 93.9. The van der Waals surface area contributed by atoms with E-state index in [0.717, 1.165) is 59.4 Å². The smallest absolute Gasteiger partial charge is 0.326 e. The Balaban J connectivity index is 0.000000344. The largest absolute Gasteiger partial charge is 0.480 e. The van der Waals surface area contributed by atoms with Gasteiger partial charge in [-0.15, -0.1) is 0 Å². The van der Waals surface area contributed by atoms with E-state index < -0.39 is 167 Å². The fraction of sp³-hybridized carbons (Fsp3) is 0.622. The van der Waals surface area contributed by atoms with Crippen LogP contribution >= 0.6 is 0 Å². The number of benzene rings is 5. The van der Waals surface area contributed by atoms with Crippen molar-refractivity contribution in [3.8, 4) is 0 Å². The minimum absolute atomic E-state index is 0.0989. The van der Waals surface area contributed by atoms with E-state index in [9.17, 15) is 87.9 Å². The molecule has 0 aromatic heterocycles. The maximum absolute atomic E-state index is 14.1. The minimum atomic E-state index is -3.83. The average Bonchev–Trinajstić information content (AvgIpc) is 1.66. The van der Waals surface area contributed by atoms with Crippen molar-refractivity contribution in [1.82, 2.24) is 34.4 Å². The number of carbonyl (C=O) groups excluding carboxylic acids is 11. The van der Waals surface area contributed by atoms with E-state index in [1.54, 1.807) is 25.7 Å². The summed E-state index contributed by atoms with van der Waals surface area (Å²) in [7, 11) is -10.6. The fourth-order valence-corrected chi connectivity index (χ4v) is 20.1. The van der Waals surface area contributed by atoms with Crippen molar-refractivity contribution in [3.05, 3.63) is 179 Å². The number of nitrogens with one attached hydrogen (secondary N) is 3. The molecule has 38 heteroatoms. The third kappa shape index (κ3) is 47.0. The van der Waals surface area contributed by atoms with Gasteiger partial charge < -0.3 is 69.9 Å². The number of hydrogen-bond donors (Lipinski definition) is 7. The first-order chi connectivity index (χ1) is 69.8. The highest BCUT2D eigenvalue weighted by atomic mass is 32.2. The number of amides is 9. The van der Waals surface area contributed by atoms with Gasteiger partial charge in [0, 0.05) is 82.1 Å². The number of carboxylic acid groups (broad SMARTS) is 1. The lowest BCUT2D eigenvalue weighted by molar-refractivity contribution is -0.167. The number of carbonyl (C=O) groups is 12. The Morgan fingerprint density at radius 3 is 0.805 bits per heavy atom. The third-order valence-electron chi connectivity index (χ3n) is 25.5. The lowest BCUT2D eigenvalue weighted by atomic mass is 9.81. The Bertz CT molecular complexity index is 5380. The molecule has 0 aliphatic carbocycles. The second-order valence-electron chi connectivity index (χ2n) is 43.3. The van der Waals surface area contributed by atoms with E-state index >= 15 is 0 Å². The van der Waals surface area contributed by atoms with Crippen LogP contribution in [0.3, 0.4) is 0 Å². The lowest BCUT2D eigenvalue weighted by Gasteiger charge is -2.33. The summed E-state index contributed by atoms with van der Waals surface area (Å²) in [6.45, 7) is 37.1. The van der Waals surface area contributed by atoms with Crippen molar-refractivity contribution >= 4 is 101 Å². The van der Waals surface area contributed by atoms with Crippen LogP contribution in [-0.4, -0.2) is 232 Å². The van der Waals surface area contributed by atoms with Crippen molar-refractivity contribution in [3.63, 3.8) is 0 Å². The number of primary amides is 2. The van der Waals surface area contributed by atoms with Crippen LogP contribution in [0.1, 0.15) is 255 Å². The van der Waals surface area contributed by atoms with Gasteiger partial charge in [-0.25, -0.2) is 21.6 Å². The van der Waals surface area contributed by atoms with Gasteiger partial charge in [0.1, 0.15) is 35.4 Å². The minimum Gasteiger partial charge on any atom is -0.480 e. The van der Waals surface area contributed by atoms with E-state index in [1.165, 1.54) is 14.7 Å². The SMILES string of the molecule is CCC[C@H](C(=O)OC(C)(C)C)[C@@H](CC(C)C)C(=O)N1C[C@@H](OCc2ccccc2)CC1C(=O)NS(C)(=O)=O.CCC[C@H](C(=O)OC(C)(C)C)[C@@H](CC(C)C)C(=O)N1C[C@@H](OCc2ccccc2)CC1C(=O)O.CCC[C@H](C(N)=O)[C@@H](CC(C)C)C(=O)N1C[C@@H](OCc2ccccc2)CC1C(=O)NCCc1ccccc1.CCC[C@H](C(N)=O)[C@@H](CC(C)C)C(=O)N1C[C@@H](OCc2ccccc2)CC1C(=O)NS(C)(=O)=O.CS([NH3+])(=O)=O. The number of rotatable bonds is 49.